The van der Waals surface area contributed by atoms with Crippen LogP contribution in [0.15, 0.2) is 48.5 Å². The Labute approximate surface area is 142 Å². The number of hydrogen-bond donors (Lipinski definition) is 0. The number of aromatic nitrogens is 2. The van der Waals surface area contributed by atoms with Crippen molar-refractivity contribution in [2.24, 2.45) is 0 Å². The average molecular weight is 319 g/mol. The first-order valence-electron chi connectivity index (χ1n) is 8.51. The van der Waals surface area contributed by atoms with E-state index in [4.69, 9.17) is 14.7 Å². The van der Waals surface area contributed by atoms with Crippen LogP contribution in [-0.4, -0.2) is 30.2 Å². The Bertz CT molecular complexity index is 839. The van der Waals surface area contributed by atoms with Crippen molar-refractivity contribution in [1.29, 1.82) is 0 Å². The number of piperidine rings is 1. The first-order chi connectivity index (χ1) is 11.8. The monoisotopic (exact) mass is 319 g/mol. The minimum absolute atomic E-state index is 0.775. The molecule has 0 bridgehead atoms. The zero-order valence-corrected chi connectivity index (χ0v) is 13.9. The summed E-state index contributed by atoms with van der Waals surface area (Å²) in [5, 5.41) is 1.14. The Balaban J connectivity index is 1.83. The molecule has 24 heavy (non-hydrogen) atoms. The number of methoxy groups -OCH3 is 1. The van der Waals surface area contributed by atoms with Crippen LogP contribution in [0.4, 0.5) is 5.82 Å². The van der Waals surface area contributed by atoms with Crippen LogP contribution in [0.2, 0.25) is 0 Å². The third-order valence-electron chi connectivity index (χ3n) is 4.59. The maximum atomic E-state index is 5.25. The Hall–Kier alpha value is -2.62. The molecular formula is C20H21N3O. The lowest BCUT2D eigenvalue weighted by Crippen LogP contribution is -2.30. The number of nitrogens with zero attached hydrogens (tertiary/aromatic N) is 3. The van der Waals surface area contributed by atoms with Crippen molar-refractivity contribution >= 4 is 16.7 Å². The Morgan fingerprint density at radius 2 is 1.62 bits per heavy atom. The van der Waals surface area contributed by atoms with Gasteiger partial charge in [0.05, 0.1) is 12.6 Å². The van der Waals surface area contributed by atoms with Gasteiger partial charge in [-0.1, -0.05) is 12.1 Å². The maximum absolute atomic E-state index is 5.25. The predicted octanol–water partition coefficient (Wildman–Crippen LogP) is 4.30. The zero-order chi connectivity index (χ0) is 16.4. The second kappa shape index (κ2) is 6.48. The third kappa shape index (κ3) is 2.80. The SMILES string of the molecule is COc1ccc(-c2nc(N3CCCCC3)c3ccccc3n2)cc1. The molecule has 4 nitrogen and oxygen atoms in total. The molecule has 0 radical (unpaired) electrons. The van der Waals surface area contributed by atoms with Crippen LogP contribution in [-0.2, 0) is 0 Å². The predicted molar refractivity (Wildman–Crippen MR) is 97.6 cm³/mol. The summed E-state index contributed by atoms with van der Waals surface area (Å²) in [4.78, 5) is 12.1. The third-order valence-corrected chi connectivity index (χ3v) is 4.59. The molecule has 0 saturated carbocycles. The van der Waals surface area contributed by atoms with E-state index in [0.29, 0.717) is 0 Å². The van der Waals surface area contributed by atoms with Gasteiger partial charge in [0.2, 0.25) is 0 Å². The van der Waals surface area contributed by atoms with Crippen LogP contribution in [0.25, 0.3) is 22.3 Å². The van der Waals surface area contributed by atoms with Crippen molar-refractivity contribution in [3.63, 3.8) is 0 Å². The summed E-state index contributed by atoms with van der Waals surface area (Å²) in [5.41, 5.74) is 2.01. The lowest BCUT2D eigenvalue weighted by Gasteiger charge is -2.29. The fourth-order valence-electron chi connectivity index (χ4n) is 3.28. The smallest absolute Gasteiger partial charge is 0.162 e. The van der Waals surface area contributed by atoms with Crippen LogP contribution in [0, 0.1) is 0 Å². The van der Waals surface area contributed by atoms with Gasteiger partial charge in [0.25, 0.3) is 0 Å². The van der Waals surface area contributed by atoms with E-state index < -0.39 is 0 Å². The largest absolute Gasteiger partial charge is 0.497 e. The lowest BCUT2D eigenvalue weighted by atomic mass is 10.1. The molecule has 0 spiro atoms. The number of hydrogen-bond acceptors (Lipinski definition) is 4. The summed E-state index contributed by atoms with van der Waals surface area (Å²) >= 11 is 0. The van der Waals surface area contributed by atoms with E-state index in [9.17, 15) is 0 Å². The molecule has 2 aromatic carbocycles. The summed E-state index contributed by atoms with van der Waals surface area (Å²) in [5.74, 6) is 2.68. The van der Waals surface area contributed by atoms with Gasteiger partial charge in [0.1, 0.15) is 11.6 Å². The zero-order valence-electron chi connectivity index (χ0n) is 13.9. The summed E-state index contributed by atoms with van der Waals surface area (Å²) in [6.45, 7) is 2.14. The molecule has 0 atom stereocenters. The molecule has 4 rings (SSSR count). The molecule has 3 aromatic rings. The summed E-state index contributed by atoms with van der Waals surface area (Å²) in [6, 6.07) is 16.2. The average Bonchev–Trinajstić information content (AvgIpc) is 2.68. The second-order valence-electron chi connectivity index (χ2n) is 6.16. The molecule has 1 fully saturated rings. The molecule has 1 saturated heterocycles. The van der Waals surface area contributed by atoms with Gasteiger partial charge in [-0.3, -0.25) is 0 Å². The van der Waals surface area contributed by atoms with E-state index in [1.807, 2.05) is 30.3 Å². The quantitative estimate of drug-likeness (QED) is 0.721. The molecule has 0 unspecified atom stereocenters. The van der Waals surface area contributed by atoms with Gasteiger partial charge in [-0.15, -0.1) is 0 Å². The van der Waals surface area contributed by atoms with Crippen molar-refractivity contribution in [3.05, 3.63) is 48.5 Å². The highest BCUT2D eigenvalue weighted by atomic mass is 16.5. The molecule has 0 N–H and O–H groups in total. The maximum Gasteiger partial charge on any atom is 0.162 e. The van der Waals surface area contributed by atoms with E-state index in [1.54, 1.807) is 7.11 Å². The van der Waals surface area contributed by atoms with Gasteiger partial charge >= 0.3 is 0 Å². The number of fused-ring (bicyclic) bond motifs is 1. The summed E-state index contributed by atoms with van der Waals surface area (Å²) < 4.78 is 5.25. The van der Waals surface area contributed by atoms with Crippen molar-refractivity contribution in [3.8, 4) is 17.1 Å². The molecule has 122 valence electrons. The number of para-hydroxylation sites is 1. The minimum atomic E-state index is 0.775. The van der Waals surface area contributed by atoms with Crippen LogP contribution in [0.3, 0.4) is 0 Å². The van der Waals surface area contributed by atoms with E-state index in [2.05, 4.69) is 23.1 Å². The van der Waals surface area contributed by atoms with Gasteiger partial charge in [0, 0.05) is 24.0 Å². The van der Waals surface area contributed by atoms with E-state index in [-0.39, 0.29) is 0 Å². The Morgan fingerprint density at radius 1 is 0.875 bits per heavy atom. The van der Waals surface area contributed by atoms with Crippen molar-refractivity contribution in [1.82, 2.24) is 9.97 Å². The molecule has 2 heterocycles. The molecule has 4 heteroatoms. The minimum Gasteiger partial charge on any atom is -0.497 e. The summed E-state index contributed by atoms with van der Waals surface area (Å²) in [6.07, 6.45) is 3.78. The van der Waals surface area contributed by atoms with Crippen LogP contribution in [0.1, 0.15) is 19.3 Å². The van der Waals surface area contributed by atoms with Crippen LogP contribution < -0.4 is 9.64 Å². The fourth-order valence-corrected chi connectivity index (χ4v) is 3.28. The first-order valence-corrected chi connectivity index (χ1v) is 8.51. The topological polar surface area (TPSA) is 38.2 Å². The molecular weight excluding hydrogens is 298 g/mol. The molecule has 0 aliphatic carbocycles. The van der Waals surface area contributed by atoms with E-state index >= 15 is 0 Å². The first kappa shape index (κ1) is 14.9. The number of ether oxygens (including phenoxy) is 1. The Kier molecular flexibility index (Phi) is 4.03. The normalized spacial score (nSPS) is 14.8. The molecule has 1 aliphatic rings. The summed E-state index contributed by atoms with van der Waals surface area (Å²) in [7, 11) is 1.68. The lowest BCUT2D eigenvalue weighted by molar-refractivity contribution is 0.415. The molecule has 1 aromatic heterocycles. The van der Waals surface area contributed by atoms with Gasteiger partial charge in [0.15, 0.2) is 5.82 Å². The second-order valence-corrected chi connectivity index (χ2v) is 6.16. The highest BCUT2D eigenvalue weighted by Crippen LogP contribution is 2.29. The van der Waals surface area contributed by atoms with Crippen molar-refractivity contribution in [2.75, 3.05) is 25.1 Å². The number of benzene rings is 2. The molecule has 0 amide bonds. The van der Waals surface area contributed by atoms with Crippen LogP contribution in [0.5, 0.6) is 5.75 Å². The molecule has 1 aliphatic heterocycles. The van der Waals surface area contributed by atoms with Gasteiger partial charge in [-0.2, -0.15) is 0 Å². The number of rotatable bonds is 3. The van der Waals surface area contributed by atoms with Crippen molar-refractivity contribution in [2.45, 2.75) is 19.3 Å². The van der Waals surface area contributed by atoms with E-state index in [0.717, 1.165) is 46.9 Å². The Morgan fingerprint density at radius 3 is 2.38 bits per heavy atom. The van der Waals surface area contributed by atoms with Gasteiger partial charge in [-0.25, -0.2) is 9.97 Å². The van der Waals surface area contributed by atoms with E-state index in [1.165, 1.54) is 19.3 Å². The highest BCUT2D eigenvalue weighted by Gasteiger charge is 2.17. The standard InChI is InChI=1S/C20H21N3O/c1-24-16-11-9-15(10-12-16)19-21-18-8-4-3-7-17(18)20(22-19)23-13-5-2-6-14-23/h3-4,7-12H,2,5-6,13-14H2,1H3. The van der Waals surface area contributed by atoms with Crippen LogP contribution >= 0.6 is 0 Å². The number of anilines is 1. The van der Waals surface area contributed by atoms with Gasteiger partial charge in [-0.05, 0) is 55.7 Å². The van der Waals surface area contributed by atoms with Crippen molar-refractivity contribution < 1.29 is 4.74 Å². The van der Waals surface area contributed by atoms with Gasteiger partial charge < -0.3 is 9.64 Å². The fraction of sp³-hybridized carbons (Fsp3) is 0.300. The highest BCUT2D eigenvalue weighted by molar-refractivity contribution is 5.91.